The van der Waals surface area contributed by atoms with Gasteiger partial charge in [0.05, 0.1) is 10.6 Å². The smallest absolute Gasteiger partial charge is 0.330 e. The SMILES string of the molecule is C/C=C\c1cccc(S(=O)(=O)CC(C)(C)CCCOCn2ccc(=O)[nH]c2=O)c1. The van der Waals surface area contributed by atoms with Gasteiger partial charge in [0.1, 0.15) is 6.73 Å². The lowest BCUT2D eigenvalue weighted by atomic mass is 9.90. The molecule has 2 aromatic rings. The molecule has 1 heterocycles. The van der Waals surface area contributed by atoms with Crippen molar-refractivity contribution in [1.82, 2.24) is 9.55 Å². The van der Waals surface area contributed by atoms with Crippen LogP contribution in [0.1, 0.15) is 39.2 Å². The number of allylic oxidation sites excluding steroid dienone is 1. The molecule has 0 saturated carbocycles. The van der Waals surface area contributed by atoms with E-state index in [1.54, 1.807) is 18.2 Å². The van der Waals surface area contributed by atoms with Gasteiger partial charge < -0.3 is 4.74 Å². The minimum Gasteiger partial charge on any atom is -0.361 e. The predicted molar refractivity (Wildman–Crippen MR) is 113 cm³/mol. The van der Waals surface area contributed by atoms with Crippen LogP contribution in [0.15, 0.2) is 57.1 Å². The number of hydrogen-bond donors (Lipinski definition) is 1. The van der Waals surface area contributed by atoms with Crippen molar-refractivity contribution in [2.24, 2.45) is 5.41 Å². The summed E-state index contributed by atoms with van der Waals surface area (Å²) in [6.45, 7) is 6.15. The number of nitrogens with zero attached hydrogens (tertiary/aromatic N) is 1. The lowest BCUT2D eigenvalue weighted by Gasteiger charge is -2.24. The van der Waals surface area contributed by atoms with E-state index in [0.29, 0.717) is 24.3 Å². The first-order valence-corrected chi connectivity index (χ1v) is 11.1. The Hall–Kier alpha value is -2.45. The maximum Gasteiger partial charge on any atom is 0.330 e. The average Bonchev–Trinajstić information content (AvgIpc) is 2.62. The van der Waals surface area contributed by atoms with Gasteiger partial charge in [0.25, 0.3) is 5.56 Å². The molecule has 0 saturated heterocycles. The first-order chi connectivity index (χ1) is 13.6. The molecule has 1 aromatic carbocycles. The lowest BCUT2D eigenvalue weighted by molar-refractivity contribution is 0.0663. The maximum absolute atomic E-state index is 12.8. The summed E-state index contributed by atoms with van der Waals surface area (Å²) >= 11 is 0. The van der Waals surface area contributed by atoms with Crippen LogP contribution in [-0.4, -0.2) is 30.3 Å². The zero-order valence-corrected chi connectivity index (χ0v) is 17.9. The largest absolute Gasteiger partial charge is 0.361 e. The molecule has 1 N–H and O–H groups in total. The molecule has 0 atom stereocenters. The molecule has 1 aromatic heterocycles. The first kappa shape index (κ1) is 22.8. The molecule has 0 unspecified atom stereocenters. The Morgan fingerprint density at radius 1 is 1.21 bits per heavy atom. The van der Waals surface area contributed by atoms with E-state index in [2.05, 4.69) is 4.98 Å². The third-order valence-electron chi connectivity index (χ3n) is 4.43. The van der Waals surface area contributed by atoms with Gasteiger partial charge >= 0.3 is 5.69 Å². The number of H-pyrrole nitrogens is 1. The summed E-state index contributed by atoms with van der Waals surface area (Å²) in [6.07, 6.45) is 6.42. The van der Waals surface area contributed by atoms with Crippen molar-refractivity contribution in [3.63, 3.8) is 0 Å². The van der Waals surface area contributed by atoms with E-state index in [4.69, 9.17) is 4.74 Å². The van der Waals surface area contributed by atoms with Crippen LogP contribution in [0.5, 0.6) is 0 Å². The number of aromatic amines is 1. The van der Waals surface area contributed by atoms with Crippen LogP contribution in [0.3, 0.4) is 0 Å². The number of sulfone groups is 1. The molecular formula is C21H28N2O5S. The quantitative estimate of drug-likeness (QED) is 0.596. The summed E-state index contributed by atoms with van der Waals surface area (Å²) in [7, 11) is -3.41. The average molecular weight is 421 g/mol. The van der Waals surface area contributed by atoms with E-state index < -0.39 is 26.5 Å². The summed E-state index contributed by atoms with van der Waals surface area (Å²) in [4.78, 5) is 25.1. The molecule has 0 radical (unpaired) electrons. The highest BCUT2D eigenvalue weighted by molar-refractivity contribution is 7.91. The van der Waals surface area contributed by atoms with Crippen LogP contribution in [0, 0.1) is 5.41 Å². The Morgan fingerprint density at radius 3 is 2.66 bits per heavy atom. The van der Waals surface area contributed by atoms with Gasteiger partial charge in [-0.15, -0.1) is 0 Å². The van der Waals surface area contributed by atoms with Gasteiger partial charge in [-0.25, -0.2) is 13.2 Å². The second-order valence-corrected chi connectivity index (χ2v) is 9.71. The van der Waals surface area contributed by atoms with E-state index in [-0.39, 0.29) is 12.5 Å². The lowest BCUT2D eigenvalue weighted by Crippen LogP contribution is -2.29. The molecule has 2 rings (SSSR count). The Bertz CT molecular complexity index is 1060. The van der Waals surface area contributed by atoms with Gasteiger partial charge in [-0.05, 0) is 42.9 Å². The van der Waals surface area contributed by atoms with Crippen molar-refractivity contribution in [1.29, 1.82) is 0 Å². The topological polar surface area (TPSA) is 98.2 Å². The van der Waals surface area contributed by atoms with Crippen molar-refractivity contribution in [2.45, 2.75) is 45.2 Å². The molecule has 0 fully saturated rings. The van der Waals surface area contributed by atoms with Crippen LogP contribution in [-0.2, 0) is 21.3 Å². The highest BCUT2D eigenvalue weighted by Crippen LogP contribution is 2.28. The molecule has 0 bridgehead atoms. The Labute approximate surface area is 171 Å². The van der Waals surface area contributed by atoms with Crippen molar-refractivity contribution < 1.29 is 13.2 Å². The second-order valence-electron chi connectivity index (χ2n) is 7.72. The third-order valence-corrected chi connectivity index (χ3v) is 6.56. The molecule has 7 nitrogen and oxygen atoms in total. The van der Waals surface area contributed by atoms with Crippen LogP contribution >= 0.6 is 0 Å². The van der Waals surface area contributed by atoms with E-state index in [1.807, 2.05) is 39.0 Å². The first-order valence-electron chi connectivity index (χ1n) is 9.46. The minimum atomic E-state index is -3.41. The Kier molecular flexibility index (Phi) is 7.75. The highest BCUT2D eigenvalue weighted by atomic mass is 32.2. The van der Waals surface area contributed by atoms with Gasteiger partial charge in [-0.1, -0.05) is 38.1 Å². The van der Waals surface area contributed by atoms with Crippen LogP contribution in [0.2, 0.25) is 0 Å². The normalized spacial score (nSPS) is 12.5. The number of aromatic nitrogens is 2. The van der Waals surface area contributed by atoms with E-state index in [9.17, 15) is 18.0 Å². The molecule has 0 amide bonds. The van der Waals surface area contributed by atoms with E-state index >= 15 is 0 Å². The number of rotatable bonds is 10. The minimum absolute atomic E-state index is 0.0338. The van der Waals surface area contributed by atoms with Crippen LogP contribution in [0.4, 0.5) is 0 Å². The number of hydrogen-bond acceptors (Lipinski definition) is 5. The molecule has 8 heteroatoms. The fourth-order valence-electron chi connectivity index (χ4n) is 3.04. The predicted octanol–water partition coefficient (Wildman–Crippen LogP) is 2.82. The number of ether oxygens (including phenoxy) is 1. The van der Waals surface area contributed by atoms with E-state index in [1.165, 1.54) is 16.8 Å². The fraction of sp³-hybridized carbons (Fsp3) is 0.429. The summed E-state index contributed by atoms with van der Waals surface area (Å²) in [5.41, 5.74) is -0.542. The van der Waals surface area contributed by atoms with Crippen molar-refractivity contribution in [2.75, 3.05) is 12.4 Å². The number of nitrogens with one attached hydrogen (secondary N) is 1. The van der Waals surface area contributed by atoms with E-state index in [0.717, 1.165) is 5.56 Å². The molecule has 158 valence electrons. The summed E-state index contributed by atoms with van der Waals surface area (Å²) < 4.78 is 32.4. The maximum atomic E-state index is 12.8. The Balaban J connectivity index is 1.88. The summed E-state index contributed by atoms with van der Waals surface area (Å²) in [5.74, 6) is 0.0404. The van der Waals surface area contributed by atoms with Gasteiger partial charge in [-0.3, -0.25) is 14.3 Å². The third kappa shape index (κ3) is 7.14. The second kappa shape index (κ2) is 9.84. The summed E-state index contributed by atoms with van der Waals surface area (Å²) in [5, 5.41) is 0. The number of benzene rings is 1. The Morgan fingerprint density at radius 2 is 1.97 bits per heavy atom. The van der Waals surface area contributed by atoms with Gasteiger partial charge in [-0.2, -0.15) is 0 Å². The summed E-state index contributed by atoms with van der Waals surface area (Å²) in [6, 6.07) is 8.20. The van der Waals surface area contributed by atoms with Gasteiger partial charge in [0.2, 0.25) is 0 Å². The zero-order chi connectivity index (χ0) is 21.5. The van der Waals surface area contributed by atoms with Crippen LogP contribution in [0.25, 0.3) is 6.08 Å². The molecule has 0 aliphatic rings. The zero-order valence-electron chi connectivity index (χ0n) is 17.1. The molecule has 0 spiro atoms. The van der Waals surface area contributed by atoms with Crippen LogP contribution < -0.4 is 11.2 Å². The molecular weight excluding hydrogens is 392 g/mol. The standard InChI is InChI=1S/C21H28N2O5S/c1-4-7-17-8-5-9-18(14-17)29(26,27)15-21(2,3)11-6-13-28-16-23-12-10-19(24)22-20(23)25/h4-5,7-10,12,14H,6,11,13,15-16H2,1-3H3,(H,22,24,25)/b7-4-. The highest BCUT2D eigenvalue weighted by Gasteiger charge is 2.27. The fourth-order valence-corrected chi connectivity index (χ4v) is 4.98. The van der Waals surface area contributed by atoms with Crippen molar-refractivity contribution >= 4 is 15.9 Å². The monoisotopic (exact) mass is 420 g/mol. The molecule has 29 heavy (non-hydrogen) atoms. The van der Waals surface area contributed by atoms with Crippen molar-refractivity contribution in [3.8, 4) is 0 Å². The van der Waals surface area contributed by atoms with Gasteiger partial charge in [0, 0.05) is 18.9 Å². The van der Waals surface area contributed by atoms with Gasteiger partial charge in [0.15, 0.2) is 9.84 Å². The molecule has 0 aliphatic heterocycles. The van der Waals surface area contributed by atoms with Crippen molar-refractivity contribution in [3.05, 3.63) is 69.0 Å². The molecule has 0 aliphatic carbocycles.